The minimum absolute atomic E-state index is 0.291. The van der Waals surface area contributed by atoms with Crippen LogP contribution in [0.4, 0.5) is 0 Å². The third kappa shape index (κ3) is 1.46. The summed E-state index contributed by atoms with van der Waals surface area (Å²) >= 11 is 0. The molecule has 1 aliphatic rings. The van der Waals surface area contributed by atoms with Crippen LogP contribution in [0, 0.1) is 5.92 Å². The molecule has 3 nitrogen and oxygen atoms in total. The molecule has 1 saturated carbocycles. The Morgan fingerprint density at radius 1 is 1.21 bits per heavy atom. The molecular formula is C10H10O3S. The molecule has 14 heavy (non-hydrogen) atoms. The average molecular weight is 210 g/mol. The predicted molar refractivity (Wildman–Crippen MR) is 51.6 cm³/mol. The van der Waals surface area contributed by atoms with E-state index in [0.717, 1.165) is 6.29 Å². The SMILES string of the molecule is O=C[C@H]1C[C@H]1S(=O)(=O)c1ccccc1. The summed E-state index contributed by atoms with van der Waals surface area (Å²) in [6, 6.07) is 8.27. The molecule has 0 saturated heterocycles. The van der Waals surface area contributed by atoms with Crippen molar-refractivity contribution in [1.29, 1.82) is 0 Å². The molecule has 1 aromatic rings. The maximum Gasteiger partial charge on any atom is 0.181 e. The zero-order valence-corrected chi connectivity index (χ0v) is 8.28. The summed E-state index contributed by atoms with van der Waals surface area (Å²) in [5.41, 5.74) is 0. The van der Waals surface area contributed by atoms with Crippen LogP contribution in [-0.2, 0) is 14.6 Å². The van der Waals surface area contributed by atoms with Gasteiger partial charge in [0.15, 0.2) is 9.84 Å². The summed E-state index contributed by atoms with van der Waals surface area (Å²) < 4.78 is 23.6. The van der Waals surface area contributed by atoms with Gasteiger partial charge >= 0.3 is 0 Å². The molecule has 2 rings (SSSR count). The van der Waals surface area contributed by atoms with Crippen molar-refractivity contribution in [3.05, 3.63) is 30.3 Å². The van der Waals surface area contributed by atoms with Gasteiger partial charge in [0.1, 0.15) is 6.29 Å². The molecule has 2 atom stereocenters. The van der Waals surface area contributed by atoms with E-state index in [4.69, 9.17) is 0 Å². The van der Waals surface area contributed by atoms with Crippen molar-refractivity contribution < 1.29 is 13.2 Å². The van der Waals surface area contributed by atoms with Gasteiger partial charge in [-0.2, -0.15) is 0 Å². The quantitative estimate of drug-likeness (QED) is 0.701. The van der Waals surface area contributed by atoms with Crippen molar-refractivity contribution in [3.8, 4) is 0 Å². The Balaban J connectivity index is 2.31. The van der Waals surface area contributed by atoms with Gasteiger partial charge in [-0.15, -0.1) is 0 Å². The minimum atomic E-state index is -3.26. The normalized spacial score (nSPS) is 25.7. The largest absolute Gasteiger partial charge is 0.303 e. The predicted octanol–water partition coefficient (Wildman–Crippen LogP) is 1.05. The Labute approximate surface area is 82.7 Å². The minimum Gasteiger partial charge on any atom is -0.303 e. The molecule has 0 heterocycles. The molecule has 0 spiro atoms. The lowest BCUT2D eigenvalue weighted by Crippen LogP contribution is -2.09. The maximum absolute atomic E-state index is 11.8. The first-order valence-corrected chi connectivity index (χ1v) is 5.95. The van der Waals surface area contributed by atoms with Crippen molar-refractivity contribution in [1.82, 2.24) is 0 Å². The second-order valence-corrected chi connectivity index (χ2v) is 5.60. The smallest absolute Gasteiger partial charge is 0.181 e. The lowest BCUT2D eigenvalue weighted by Gasteiger charge is -2.00. The molecule has 74 valence electrons. The molecule has 0 radical (unpaired) electrons. The van der Waals surface area contributed by atoms with Crippen molar-refractivity contribution in [3.63, 3.8) is 0 Å². The Kier molecular flexibility index (Phi) is 2.15. The summed E-state index contributed by atoms with van der Waals surface area (Å²) in [7, 11) is -3.26. The van der Waals surface area contributed by atoms with E-state index in [-0.39, 0.29) is 5.92 Å². The van der Waals surface area contributed by atoms with E-state index in [1.165, 1.54) is 0 Å². The summed E-state index contributed by atoms with van der Waals surface area (Å²) in [6.07, 6.45) is 1.20. The number of sulfone groups is 1. The zero-order chi connectivity index (χ0) is 10.2. The second-order valence-electron chi connectivity index (χ2n) is 3.43. The number of hydrogen-bond donors (Lipinski definition) is 0. The molecule has 0 aromatic heterocycles. The number of rotatable bonds is 3. The lowest BCUT2D eigenvalue weighted by molar-refractivity contribution is -0.108. The van der Waals surface area contributed by atoms with Crippen LogP contribution in [-0.4, -0.2) is 20.0 Å². The van der Waals surface area contributed by atoms with E-state index in [0.29, 0.717) is 11.3 Å². The van der Waals surface area contributed by atoms with Crippen molar-refractivity contribution >= 4 is 16.1 Å². The number of carbonyl (C=O) groups excluding carboxylic acids is 1. The number of aldehydes is 1. The molecule has 0 unspecified atom stereocenters. The van der Waals surface area contributed by atoms with Gasteiger partial charge in [-0.3, -0.25) is 0 Å². The van der Waals surface area contributed by atoms with Crippen molar-refractivity contribution in [2.75, 3.05) is 0 Å². The number of benzene rings is 1. The van der Waals surface area contributed by atoms with Crippen LogP contribution < -0.4 is 0 Å². The van der Waals surface area contributed by atoms with Gasteiger partial charge in [-0.1, -0.05) is 18.2 Å². The van der Waals surface area contributed by atoms with E-state index in [2.05, 4.69) is 0 Å². The second kappa shape index (κ2) is 3.20. The van der Waals surface area contributed by atoms with E-state index < -0.39 is 15.1 Å². The van der Waals surface area contributed by atoms with Gasteiger partial charge in [0.25, 0.3) is 0 Å². The van der Waals surface area contributed by atoms with Crippen LogP contribution in [0.1, 0.15) is 6.42 Å². The maximum atomic E-state index is 11.8. The summed E-state index contributed by atoms with van der Waals surface area (Å²) in [6.45, 7) is 0. The first kappa shape index (κ1) is 9.40. The van der Waals surface area contributed by atoms with Gasteiger partial charge in [0, 0.05) is 5.92 Å². The van der Waals surface area contributed by atoms with Crippen LogP contribution in [0.15, 0.2) is 35.2 Å². The van der Waals surface area contributed by atoms with Crippen LogP contribution >= 0.6 is 0 Å². The topological polar surface area (TPSA) is 51.2 Å². The molecule has 1 aromatic carbocycles. The molecule has 1 fully saturated rings. The Morgan fingerprint density at radius 2 is 1.86 bits per heavy atom. The van der Waals surface area contributed by atoms with E-state index >= 15 is 0 Å². The lowest BCUT2D eigenvalue weighted by atomic mass is 10.4. The van der Waals surface area contributed by atoms with Gasteiger partial charge < -0.3 is 4.79 Å². The molecule has 4 heteroatoms. The monoisotopic (exact) mass is 210 g/mol. The van der Waals surface area contributed by atoms with Crippen molar-refractivity contribution in [2.24, 2.45) is 5.92 Å². The van der Waals surface area contributed by atoms with Gasteiger partial charge in [-0.05, 0) is 18.6 Å². The molecule has 0 aliphatic heterocycles. The Bertz CT molecular complexity index is 436. The van der Waals surface area contributed by atoms with Crippen LogP contribution in [0.25, 0.3) is 0 Å². The van der Waals surface area contributed by atoms with E-state index in [9.17, 15) is 13.2 Å². The van der Waals surface area contributed by atoms with Crippen LogP contribution in [0.2, 0.25) is 0 Å². The molecular weight excluding hydrogens is 200 g/mol. The highest BCUT2D eigenvalue weighted by Crippen LogP contribution is 2.38. The fourth-order valence-electron chi connectivity index (χ4n) is 1.47. The molecule has 1 aliphatic carbocycles. The third-order valence-electron chi connectivity index (χ3n) is 2.42. The molecule has 0 amide bonds. The van der Waals surface area contributed by atoms with Crippen LogP contribution in [0.5, 0.6) is 0 Å². The molecule has 0 bridgehead atoms. The van der Waals surface area contributed by atoms with Gasteiger partial charge in [-0.25, -0.2) is 8.42 Å². The Hall–Kier alpha value is -1.16. The van der Waals surface area contributed by atoms with Crippen LogP contribution in [0.3, 0.4) is 0 Å². The molecule has 0 N–H and O–H groups in total. The van der Waals surface area contributed by atoms with Gasteiger partial charge in [0.05, 0.1) is 10.1 Å². The average Bonchev–Trinajstić information content (AvgIpc) is 2.98. The highest BCUT2D eigenvalue weighted by Gasteiger charge is 2.47. The fourth-order valence-corrected chi connectivity index (χ4v) is 3.36. The highest BCUT2D eigenvalue weighted by molar-refractivity contribution is 7.92. The van der Waals surface area contributed by atoms with Crippen molar-refractivity contribution in [2.45, 2.75) is 16.6 Å². The first-order valence-electron chi connectivity index (χ1n) is 4.40. The fraction of sp³-hybridized carbons (Fsp3) is 0.300. The van der Waals surface area contributed by atoms with E-state index in [1.54, 1.807) is 30.3 Å². The number of carbonyl (C=O) groups is 1. The third-order valence-corrected chi connectivity index (χ3v) is 4.69. The number of hydrogen-bond acceptors (Lipinski definition) is 3. The standard InChI is InChI=1S/C10H10O3S/c11-7-8-6-10(8)14(12,13)9-4-2-1-3-5-9/h1-5,7-8,10H,6H2/t8-,10-/m1/s1. The zero-order valence-electron chi connectivity index (χ0n) is 7.46. The van der Waals surface area contributed by atoms with Gasteiger partial charge in [0.2, 0.25) is 0 Å². The summed E-state index contributed by atoms with van der Waals surface area (Å²) in [4.78, 5) is 10.7. The Morgan fingerprint density at radius 3 is 2.36 bits per heavy atom. The highest BCUT2D eigenvalue weighted by atomic mass is 32.2. The first-order chi connectivity index (χ1) is 6.66. The van der Waals surface area contributed by atoms with E-state index in [1.807, 2.05) is 0 Å². The summed E-state index contributed by atoms with van der Waals surface area (Å²) in [5.74, 6) is -0.291. The summed E-state index contributed by atoms with van der Waals surface area (Å²) in [5, 5.41) is -0.484.